The van der Waals surface area contributed by atoms with Gasteiger partial charge >= 0.3 is 6.18 Å². The molecule has 1 aromatic carbocycles. The van der Waals surface area contributed by atoms with Crippen molar-refractivity contribution in [1.29, 1.82) is 10.5 Å². The van der Waals surface area contributed by atoms with E-state index in [4.69, 9.17) is 10.5 Å². The first-order valence-electron chi connectivity index (χ1n) is 4.40. The summed E-state index contributed by atoms with van der Waals surface area (Å²) in [6, 6.07) is 4.87. The number of halogens is 3. The van der Waals surface area contributed by atoms with E-state index in [-0.39, 0.29) is 23.8 Å². The molecular formula is C11H5F3N2O. The second-order valence-electron chi connectivity index (χ2n) is 3.17. The largest absolute Gasteiger partial charge is 0.417 e. The van der Waals surface area contributed by atoms with Gasteiger partial charge < -0.3 is 0 Å². The molecule has 0 aromatic heterocycles. The van der Waals surface area contributed by atoms with Crippen LogP contribution in [0.25, 0.3) is 0 Å². The highest BCUT2D eigenvalue weighted by atomic mass is 19.4. The van der Waals surface area contributed by atoms with E-state index in [1.807, 2.05) is 0 Å². The van der Waals surface area contributed by atoms with Crippen molar-refractivity contribution < 1.29 is 18.0 Å². The summed E-state index contributed by atoms with van der Waals surface area (Å²) in [6.45, 7) is 0. The van der Waals surface area contributed by atoms with E-state index in [1.165, 1.54) is 6.07 Å². The van der Waals surface area contributed by atoms with E-state index >= 15 is 0 Å². The highest BCUT2D eigenvalue weighted by Gasteiger charge is 2.35. The Balaban J connectivity index is 3.56. The van der Waals surface area contributed by atoms with Crippen LogP contribution in [0.15, 0.2) is 12.1 Å². The highest BCUT2D eigenvalue weighted by molar-refractivity contribution is 5.80. The Hall–Kier alpha value is -2.34. The number of hydrogen-bond donors (Lipinski definition) is 0. The van der Waals surface area contributed by atoms with Crippen LogP contribution in [0.3, 0.4) is 0 Å². The monoisotopic (exact) mass is 238 g/mol. The smallest absolute Gasteiger partial charge is 0.298 e. The Labute approximate surface area is 94.7 Å². The van der Waals surface area contributed by atoms with Gasteiger partial charge in [-0.1, -0.05) is 0 Å². The number of aldehydes is 1. The Morgan fingerprint density at radius 1 is 1.29 bits per heavy atom. The third kappa shape index (κ3) is 2.61. The minimum atomic E-state index is -4.73. The molecular weight excluding hydrogens is 233 g/mol. The minimum absolute atomic E-state index is 0.0564. The summed E-state index contributed by atoms with van der Waals surface area (Å²) < 4.78 is 37.9. The van der Waals surface area contributed by atoms with Crippen LogP contribution < -0.4 is 0 Å². The summed E-state index contributed by atoms with van der Waals surface area (Å²) in [5.41, 5.74) is -2.20. The lowest BCUT2D eigenvalue weighted by Crippen LogP contribution is -2.11. The van der Waals surface area contributed by atoms with Crippen molar-refractivity contribution in [2.45, 2.75) is 12.6 Å². The van der Waals surface area contributed by atoms with Crippen LogP contribution in [0.1, 0.15) is 27.0 Å². The molecule has 6 heteroatoms. The van der Waals surface area contributed by atoms with Crippen molar-refractivity contribution in [1.82, 2.24) is 0 Å². The Bertz CT molecular complexity index is 535. The van der Waals surface area contributed by atoms with Gasteiger partial charge in [-0.3, -0.25) is 4.79 Å². The second-order valence-corrected chi connectivity index (χ2v) is 3.17. The molecule has 0 saturated heterocycles. The van der Waals surface area contributed by atoms with Crippen molar-refractivity contribution >= 4 is 6.29 Å². The molecule has 17 heavy (non-hydrogen) atoms. The zero-order valence-electron chi connectivity index (χ0n) is 8.38. The first-order chi connectivity index (χ1) is 7.93. The number of benzene rings is 1. The van der Waals surface area contributed by atoms with Crippen LogP contribution in [0, 0.1) is 22.7 Å². The molecule has 0 N–H and O–H groups in total. The van der Waals surface area contributed by atoms with Crippen LogP contribution in [-0.4, -0.2) is 6.29 Å². The Morgan fingerprint density at radius 3 is 2.35 bits per heavy atom. The van der Waals surface area contributed by atoms with Gasteiger partial charge in [-0.05, 0) is 17.7 Å². The number of carbonyl (C=O) groups is 1. The minimum Gasteiger partial charge on any atom is -0.298 e. The van der Waals surface area contributed by atoms with E-state index < -0.39 is 17.3 Å². The quantitative estimate of drug-likeness (QED) is 0.743. The molecule has 1 rings (SSSR count). The SMILES string of the molecule is N#CCc1cc(C=O)c(C#N)c(C(F)(F)F)c1. The first kappa shape index (κ1) is 12.7. The zero-order valence-corrected chi connectivity index (χ0v) is 8.38. The normalized spacial score (nSPS) is 10.4. The molecule has 0 aliphatic rings. The fraction of sp³-hybridized carbons (Fsp3) is 0.182. The van der Waals surface area contributed by atoms with Crippen molar-refractivity contribution in [3.8, 4) is 12.1 Å². The molecule has 0 heterocycles. The van der Waals surface area contributed by atoms with Gasteiger partial charge in [0, 0.05) is 5.56 Å². The van der Waals surface area contributed by atoms with Gasteiger partial charge in [-0.25, -0.2) is 0 Å². The van der Waals surface area contributed by atoms with Gasteiger partial charge in [0.1, 0.15) is 6.07 Å². The average molecular weight is 238 g/mol. The molecule has 0 atom stereocenters. The molecule has 0 fully saturated rings. The van der Waals surface area contributed by atoms with E-state index in [0.29, 0.717) is 0 Å². The molecule has 0 aliphatic carbocycles. The van der Waals surface area contributed by atoms with E-state index in [1.54, 1.807) is 6.07 Å². The first-order valence-corrected chi connectivity index (χ1v) is 4.40. The lowest BCUT2D eigenvalue weighted by atomic mass is 9.97. The van der Waals surface area contributed by atoms with Gasteiger partial charge in [0.05, 0.1) is 23.6 Å². The number of alkyl halides is 3. The van der Waals surface area contributed by atoms with Gasteiger partial charge in [0.2, 0.25) is 0 Å². The maximum absolute atomic E-state index is 12.6. The second kappa shape index (κ2) is 4.67. The van der Waals surface area contributed by atoms with Gasteiger partial charge in [0.25, 0.3) is 0 Å². The standard InChI is InChI=1S/C11H5F3N2O/c12-11(13,14)10-4-7(1-2-15)3-8(6-17)9(10)5-16/h3-4,6H,1H2. The summed E-state index contributed by atoms with van der Waals surface area (Å²) in [6.07, 6.45) is -4.81. The van der Waals surface area contributed by atoms with Crippen LogP contribution in [0.2, 0.25) is 0 Å². The molecule has 3 nitrogen and oxygen atoms in total. The molecule has 0 amide bonds. The fourth-order valence-corrected chi connectivity index (χ4v) is 1.36. The lowest BCUT2D eigenvalue weighted by Gasteiger charge is -2.11. The number of nitrogens with zero attached hydrogens (tertiary/aromatic N) is 2. The Kier molecular flexibility index (Phi) is 3.49. The maximum atomic E-state index is 12.6. The lowest BCUT2D eigenvalue weighted by molar-refractivity contribution is -0.137. The molecule has 86 valence electrons. The van der Waals surface area contributed by atoms with Crippen molar-refractivity contribution in [3.05, 3.63) is 34.4 Å². The summed E-state index contributed by atoms with van der Waals surface area (Å²) in [5.74, 6) is 0. The van der Waals surface area contributed by atoms with E-state index in [9.17, 15) is 18.0 Å². The highest BCUT2D eigenvalue weighted by Crippen LogP contribution is 2.33. The summed E-state index contributed by atoms with van der Waals surface area (Å²) >= 11 is 0. The van der Waals surface area contributed by atoms with Crippen molar-refractivity contribution in [2.75, 3.05) is 0 Å². The molecule has 0 spiro atoms. The number of rotatable bonds is 2. The molecule has 0 radical (unpaired) electrons. The number of carbonyl (C=O) groups excluding carboxylic acids is 1. The van der Waals surface area contributed by atoms with Gasteiger partial charge in [-0.2, -0.15) is 23.7 Å². The predicted octanol–water partition coefficient (Wildman–Crippen LogP) is 2.46. The molecule has 0 unspecified atom stereocenters. The summed E-state index contributed by atoms with van der Waals surface area (Å²) in [4.78, 5) is 10.6. The van der Waals surface area contributed by atoms with E-state index in [2.05, 4.69) is 0 Å². The third-order valence-corrected chi connectivity index (χ3v) is 2.06. The van der Waals surface area contributed by atoms with Crippen molar-refractivity contribution in [3.63, 3.8) is 0 Å². The molecule has 0 aliphatic heterocycles. The third-order valence-electron chi connectivity index (χ3n) is 2.06. The number of nitriles is 2. The van der Waals surface area contributed by atoms with Gasteiger partial charge in [-0.15, -0.1) is 0 Å². The summed E-state index contributed by atoms with van der Waals surface area (Å²) in [5, 5.41) is 17.1. The Morgan fingerprint density at radius 2 is 1.94 bits per heavy atom. The van der Waals surface area contributed by atoms with Crippen LogP contribution in [0.4, 0.5) is 13.2 Å². The average Bonchev–Trinajstić information content (AvgIpc) is 2.27. The topological polar surface area (TPSA) is 64.7 Å². The van der Waals surface area contributed by atoms with Crippen LogP contribution in [0.5, 0.6) is 0 Å². The molecule has 0 bridgehead atoms. The number of hydrogen-bond acceptors (Lipinski definition) is 3. The maximum Gasteiger partial charge on any atom is 0.417 e. The van der Waals surface area contributed by atoms with E-state index in [0.717, 1.165) is 12.1 Å². The van der Waals surface area contributed by atoms with Gasteiger partial charge in [0.15, 0.2) is 6.29 Å². The summed E-state index contributed by atoms with van der Waals surface area (Å²) in [7, 11) is 0. The fourth-order valence-electron chi connectivity index (χ4n) is 1.36. The molecule has 1 aromatic rings. The van der Waals surface area contributed by atoms with Crippen LogP contribution in [-0.2, 0) is 12.6 Å². The van der Waals surface area contributed by atoms with Crippen molar-refractivity contribution in [2.24, 2.45) is 0 Å². The zero-order chi connectivity index (χ0) is 13.1. The van der Waals surface area contributed by atoms with Crippen LogP contribution >= 0.6 is 0 Å². The predicted molar refractivity (Wildman–Crippen MR) is 50.9 cm³/mol. The molecule has 0 saturated carbocycles.